The third kappa shape index (κ3) is 7.52. The minimum atomic E-state index is -3.72. The average molecular weight is 556 g/mol. The summed E-state index contributed by atoms with van der Waals surface area (Å²) < 4.78 is 36.4. The number of nitrogens with zero attached hydrogens (tertiary/aromatic N) is 4. The summed E-state index contributed by atoms with van der Waals surface area (Å²) in [6.45, 7) is 6.94. The van der Waals surface area contributed by atoms with Gasteiger partial charge in [0.1, 0.15) is 18.1 Å². The van der Waals surface area contributed by atoms with Gasteiger partial charge in [0, 0.05) is 30.2 Å². The van der Waals surface area contributed by atoms with Crippen molar-refractivity contribution in [2.45, 2.75) is 13.5 Å². The number of sulfonamides is 1. The molecule has 2 heterocycles. The molecular weight excluding hydrogens is 526 g/mol. The topological polar surface area (TPSA) is 125 Å². The summed E-state index contributed by atoms with van der Waals surface area (Å²) >= 11 is 1.28. The molecule has 1 amide bonds. The molecule has 0 atom stereocenters. The molecule has 0 radical (unpaired) electrons. The molecule has 2 aromatic carbocycles. The SMILES string of the molecule is Cc1sc(N(Cc2ccc(OCCN3CCOCC3)cc2)c2ccc(C#N)cc2)nc1C(=O)NS(C)(=O)=O. The van der Waals surface area contributed by atoms with Crippen molar-refractivity contribution in [3.05, 3.63) is 70.2 Å². The van der Waals surface area contributed by atoms with E-state index in [1.807, 2.05) is 46.0 Å². The van der Waals surface area contributed by atoms with Crippen molar-refractivity contribution >= 4 is 38.1 Å². The molecule has 0 unspecified atom stereocenters. The Balaban J connectivity index is 1.51. The van der Waals surface area contributed by atoms with Crippen molar-refractivity contribution in [2.75, 3.05) is 50.6 Å². The second-order valence-corrected chi connectivity index (χ2v) is 11.7. The minimum Gasteiger partial charge on any atom is -0.492 e. The van der Waals surface area contributed by atoms with Crippen LogP contribution in [-0.4, -0.2) is 69.9 Å². The van der Waals surface area contributed by atoms with Crippen molar-refractivity contribution in [3.63, 3.8) is 0 Å². The monoisotopic (exact) mass is 555 g/mol. The first-order valence-electron chi connectivity index (χ1n) is 12.0. The van der Waals surface area contributed by atoms with Gasteiger partial charge in [-0.1, -0.05) is 12.1 Å². The van der Waals surface area contributed by atoms with Crippen molar-refractivity contribution in [3.8, 4) is 11.8 Å². The Morgan fingerprint density at radius 2 is 1.87 bits per heavy atom. The van der Waals surface area contributed by atoms with Crippen LogP contribution in [0.25, 0.3) is 0 Å². The zero-order chi connectivity index (χ0) is 27.1. The predicted octanol–water partition coefficient (Wildman–Crippen LogP) is 3.06. The fraction of sp³-hybridized carbons (Fsp3) is 0.346. The molecule has 38 heavy (non-hydrogen) atoms. The quantitative estimate of drug-likeness (QED) is 0.402. The number of hydrogen-bond donors (Lipinski definition) is 1. The number of morpholine rings is 1. The Hall–Kier alpha value is -3.50. The number of nitriles is 1. The highest BCUT2D eigenvalue weighted by atomic mass is 32.2. The van der Waals surface area contributed by atoms with E-state index >= 15 is 0 Å². The van der Waals surface area contributed by atoms with Crippen LogP contribution in [0.5, 0.6) is 5.75 Å². The lowest BCUT2D eigenvalue weighted by Gasteiger charge is -2.26. The zero-order valence-corrected chi connectivity index (χ0v) is 22.8. The molecule has 200 valence electrons. The highest BCUT2D eigenvalue weighted by Gasteiger charge is 2.22. The lowest BCUT2D eigenvalue weighted by Crippen LogP contribution is -2.38. The van der Waals surface area contributed by atoms with Gasteiger partial charge in [-0.2, -0.15) is 5.26 Å². The smallest absolute Gasteiger partial charge is 0.284 e. The first-order chi connectivity index (χ1) is 18.2. The molecule has 3 aromatic rings. The van der Waals surface area contributed by atoms with Crippen molar-refractivity contribution in [1.29, 1.82) is 5.26 Å². The van der Waals surface area contributed by atoms with Crippen molar-refractivity contribution in [1.82, 2.24) is 14.6 Å². The summed E-state index contributed by atoms with van der Waals surface area (Å²) in [5.41, 5.74) is 2.33. The summed E-state index contributed by atoms with van der Waals surface area (Å²) in [4.78, 5) is 21.8. The van der Waals surface area contributed by atoms with Gasteiger partial charge in [0.15, 0.2) is 5.13 Å². The van der Waals surface area contributed by atoms with Gasteiger partial charge in [-0.05, 0) is 48.9 Å². The maximum atomic E-state index is 12.5. The predicted molar refractivity (Wildman–Crippen MR) is 145 cm³/mol. The van der Waals surface area contributed by atoms with Crippen LogP contribution in [0.2, 0.25) is 0 Å². The first kappa shape index (κ1) is 27.5. The van der Waals surface area contributed by atoms with Crippen LogP contribution >= 0.6 is 11.3 Å². The molecule has 0 spiro atoms. The fourth-order valence-corrected chi connectivity index (χ4v) is 5.26. The number of benzene rings is 2. The Morgan fingerprint density at radius 3 is 2.50 bits per heavy atom. The van der Waals surface area contributed by atoms with Crippen LogP contribution in [0.1, 0.15) is 26.5 Å². The number of aromatic nitrogens is 1. The molecule has 4 rings (SSSR count). The Labute approximate surface area is 226 Å². The molecule has 1 N–H and O–H groups in total. The number of anilines is 2. The van der Waals surface area contributed by atoms with E-state index in [9.17, 15) is 18.5 Å². The first-order valence-corrected chi connectivity index (χ1v) is 14.7. The van der Waals surface area contributed by atoms with E-state index in [-0.39, 0.29) is 5.69 Å². The van der Waals surface area contributed by atoms with Crippen molar-refractivity contribution in [2.24, 2.45) is 0 Å². The number of aryl methyl sites for hydroxylation is 1. The van der Waals surface area contributed by atoms with Crippen LogP contribution in [0.3, 0.4) is 0 Å². The number of rotatable bonds is 10. The van der Waals surface area contributed by atoms with Crippen LogP contribution < -0.4 is 14.4 Å². The van der Waals surface area contributed by atoms with Gasteiger partial charge in [-0.3, -0.25) is 9.69 Å². The third-order valence-electron chi connectivity index (χ3n) is 5.86. The summed E-state index contributed by atoms with van der Waals surface area (Å²) in [5, 5.41) is 9.71. The second-order valence-electron chi connectivity index (χ2n) is 8.80. The molecule has 0 aliphatic carbocycles. The van der Waals surface area contributed by atoms with Crippen LogP contribution in [-0.2, 0) is 21.3 Å². The van der Waals surface area contributed by atoms with Gasteiger partial charge in [-0.15, -0.1) is 11.3 Å². The summed E-state index contributed by atoms with van der Waals surface area (Å²) in [5.74, 6) is 0.00242. The Morgan fingerprint density at radius 1 is 1.18 bits per heavy atom. The molecule has 0 bridgehead atoms. The molecule has 1 aromatic heterocycles. The Kier molecular flexibility index (Phi) is 8.96. The Bertz CT molecular complexity index is 1390. The average Bonchev–Trinajstić information content (AvgIpc) is 3.29. The highest BCUT2D eigenvalue weighted by molar-refractivity contribution is 7.89. The third-order valence-corrected chi connectivity index (χ3v) is 7.41. The number of carbonyl (C=O) groups is 1. The normalized spacial score (nSPS) is 14.0. The van der Waals surface area contributed by atoms with Gasteiger partial charge in [0.2, 0.25) is 10.0 Å². The van der Waals surface area contributed by atoms with E-state index in [2.05, 4.69) is 16.0 Å². The van der Waals surface area contributed by atoms with Gasteiger partial charge >= 0.3 is 0 Å². The fourth-order valence-electron chi connectivity index (χ4n) is 3.90. The van der Waals surface area contributed by atoms with Crippen LogP contribution in [0, 0.1) is 18.3 Å². The lowest BCUT2D eigenvalue weighted by atomic mass is 10.1. The number of carbonyl (C=O) groups excluding carboxylic acids is 1. The van der Waals surface area contributed by atoms with E-state index in [0.717, 1.165) is 56.1 Å². The maximum absolute atomic E-state index is 12.5. The number of amides is 1. The molecular formula is C26H29N5O5S2. The van der Waals surface area contributed by atoms with Crippen LogP contribution in [0.15, 0.2) is 48.5 Å². The molecule has 12 heteroatoms. The maximum Gasteiger partial charge on any atom is 0.284 e. The number of ether oxygens (including phenoxy) is 2. The molecule has 10 nitrogen and oxygen atoms in total. The lowest BCUT2D eigenvalue weighted by molar-refractivity contribution is 0.0322. The number of hydrogen-bond acceptors (Lipinski definition) is 10. The molecule has 1 aliphatic rings. The highest BCUT2D eigenvalue weighted by Crippen LogP contribution is 2.33. The van der Waals surface area contributed by atoms with Gasteiger partial charge < -0.3 is 14.4 Å². The molecule has 1 fully saturated rings. The summed E-state index contributed by atoms with van der Waals surface area (Å²) in [6, 6.07) is 16.9. The summed E-state index contributed by atoms with van der Waals surface area (Å²) in [7, 11) is -3.72. The van der Waals surface area contributed by atoms with Crippen LogP contribution in [0.4, 0.5) is 10.8 Å². The van der Waals surface area contributed by atoms with E-state index in [4.69, 9.17) is 9.47 Å². The largest absolute Gasteiger partial charge is 0.492 e. The number of nitrogens with one attached hydrogen (secondary N) is 1. The van der Waals surface area contributed by atoms with Gasteiger partial charge in [0.05, 0.1) is 37.6 Å². The van der Waals surface area contributed by atoms with Gasteiger partial charge in [-0.25, -0.2) is 18.1 Å². The molecule has 1 saturated heterocycles. The van der Waals surface area contributed by atoms with E-state index in [1.54, 1.807) is 19.1 Å². The molecule has 0 saturated carbocycles. The van der Waals surface area contributed by atoms with E-state index in [0.29, 0.717) is 28.7 Å². The van der Waals surface area contributed by atoms with E-state index < -0.39 is 15.9 Å². The van der Waals surface area contributed by atoms with Crippen molar-refractivity contribution < 1.29 is 22.7 Å². The standard InChI is InChI=1S/C26H29N5O5S2/c1-19-24(25(32)29-38(2,33)34)28-26(37-19)31(22-7-3-20(17-27)4-8-22)18-21-5-9-23(10-6-21)36-16-13-30-11-14-35-15-12-30/h3-10H,11-16,18H2,1-2H3,(H,29,32). The summed E-state index contributed by atoms with van der Waals surface area (Å²) in [6.07, 6.45) is 0.923. The van der Waals surface area contributed by atoms with E-state index in [1.165, 1.54) is 11.3 Å². The number of thiazole rings is 1. The zero-order valence-electron chi connectivity index (χ0n) is 21.2. The second kappa shape index (κ2) is 12.4. The minimum absolute atomic E-state index is 0.0538. The molecule has 1 aliphatic heterocycles. The van der Waals surface area contributed by atoms with Gasteiger partial charge in [0.25, 0.3) is 5.91 Å².